The van der Waals surface area contributed by atoms with Crippen molar-refractivity contribution in [2.75, 3.05) is 13.3 Å². The van der Waals surface area contributed by atoms with Gasteiger partial charge in [0, 0.05) is 18.3 Å². The lowest BCUT2D eigenvalue weighted by molar-refractivity contribution is 0.0812. The van der Waals surface area contributed by atoms with Gasteiger partial charge in [-0.2, -0.15) is 0 Å². The molecule has 0 amide bonds. The highest BCUT2D eigenvalue weighted by Gasteiger charge is 2.37. The van der Waals surface area contributed by atoms with E-state index in [1.807, 2.05) is 0 Å². The molecule has 0 radical (unpaired) electrons. The quantitative estimate of drug-likeness (QED) is 0.803. The number of pyridine rings is 1. The first kappa shape index (κ1) is 17.9. The van der Waals surface area contributed by atoms with E-state index in [9.17, 15) is 9.90 Å². The van der Waals surface area contributed by atoms with Crippen LogP contribution in [0.4, 0.5) is 0 Å². The van der Waals surface area contributed by atoms with Gasteiger partial charge in [0.05, 0.1) is 25.7 Å². The van der Waals surface area contributed by atoms with Crippen LogP contribution in [0.3, 0.4) is 0 Å². The van der Waals surface area contributed by atoms with Gasteiger partial charge in [-0.15, -0.1) is 0 Å². The largest absolute Gasteiger partial charge is 0.505 e. The van der Waals surface area contributed by atoms with Crippen molar-refractivity contribution in [1.29, 1.82) is 0 Å². The van der Waals surface area contributed by atoms with Gasteiger partial charge in [0.1, 0.15) is 11.3 Å². The molecule has 25 heavy (non-hydrogen) atoms. The molecular formula is C19H27N3O3. The second-order valence-corrected chi connectivity index (χ2v) is 7.28. The van der Waals surface area contributed by atoms with E-state index in [0.717, 1.165) is 13.1 Å². The predicted octanol–water partition coefficient (Wildman–Crippen LogP) is 2.91. The standard InChI is InChI=1S/C19H27N3O3/c1-13(2)22-12-21-7-17(22)15-6-4-3-5-14(15)11-25-19-9-20-8-18(24)16(19)10-23/h7-10,13-15,17,24H,3-6,11-12H2,1-2H3. The molecule has 2 heterocycles. The van der Waals surface area contributed by atoms with Crippen LogP contribution in [0.15, 0.2) is 17.4 Å². The summed E-state index contributed by atoms with van der Waals surface area (Å²) in [4.78, 5) is 22.1. The number of ether oxygens (including phenoxy) is 1. The van der Waals surface area contributed by atoms with Crippen molar-refractivity contribution in [2.45, 2.75) is 51.6 Å². The Labute approximate surface area is 148 Å². The summed E-state index contributed by atoms with van der Waals surface area (Å²) in [5, 5.41) is 9.75. The average molecular weight is 345 g/mol. The topological polar surface area (TPSA) is 75.0 Å². The summed E-state index contributed by atoms with van der Waals surface area (Å²) < 4.78 is 5.92. The molecule has 0 aromatic carbocycles. The summed E-state index contributed by atoms with van der Waals surface area (Å²) >= 11 is 0. The van der Waals surface area contributed by atoms with Crippen molar-refractivity contribution >= 4 is 12.5 Å². The molecule has 1 aromatic heterocycles. The zero-order chi connectivity index (χ0) is 17.8. The van der Waals surface area contributed by atoms with Crippen molar-refractivity contribution in [3.63, 3.8) is 0 Å². The van der Waals surface area contributed by atoms with Crippen molar-refractivity contribution in [3.8, 4) is 11.5 Å². The molecule has 3 atom stereocenters. The zero-order valence-corrected chi connectivity index (χ0v) is 15.0. The molecule has 3 rings (SSSR count). The molecule has 1 fully saturated rings. The second kappa shape index (κ2) is 7.95. The number of hydrogen-bond acceptors (Lipinski definition) is 6. The number of aromatic nitrogens is 1. The van der Waals surface area contributed by atoms with Crippen molar-refractivity contribution in [2.24, 2.45) is 16.8 Å². The minimum absolute atomic E-state index is 0.137. The minimum Gasteiger partial charge on any atom is -0.505 e. The molecule has 0 saturated heterocycles. The molecule has 1 aliphatic heterocycles. The van der Waals surface area contributed by atoms with Gasteiger partial charge in [-0.1, -0.05) is 12.8 Å². The number of aromatic hydroxyl groups is 1. The van der Waals surface area contributed by atoms with Gasteiger partial charge in [0.15, 0.2) is 12.0 Å². The Hall–Kier alpha value is -1.95. The van der Waals surface area contributed by atoms with E-state index in [4.69, 9.17) is 4.74 Å². The normalized spacial score (nSPS) is 26.9. The van der Waals surface area contributed by atoms with E-state index in [1.165, 1.54) is 31.7 Å². The number of rotatable bonds is 6. The van der Waals surface area contributed by atoms with Crippen LogP contribution in [-0.2, 0) is 0 Å². The van der Waals surface area contributed by atoms with Gasteiger partial charge in [-0.05, 0) is 38.5 Å². The number of aldehydes is 1. The number of nitrogens with zero attached hydrogens (tertiary/aromatic N) is 3. The summed E-state index contributed by atoms with van der Waals surface area (Å²) in [5.74, 6) is 1.14. The molecule has 0 bridgehead atoms. The van der Waals surface area contributed by atoms with Gasteiger partial charge < -0.3 is 9.84 Å². The van der Waals surface area contributed by atoms with Crippen LogP contribution in [0.5, 0.6) is 11.5 Å². The van der Waals surface area contributed by atoms with Gasteiger partial charge in [0.25, 0.3) is 0 Å². The smallest absolute Gasteiger partial charge is 0.157 e. The van der Waals surface area contributed by atoms with Crippen LogP contribution in [0.25, 0.3) is 0 Å². The van der Waals surface area contributed by atoms with E-state index in [-0.39, 0.29) is 11.3 Å². The first-order valence-corrected chi connectivity index (χ1v) is 9.12. The van der Waals surface area contributed by atoms with E-state index < -0.39 is 0 Å². The zero-order valence-electron chi connectivity index (χ0n) is 15.0. The molecule has 3 unspecified atom stereocenters. The number of carbonyl (C=O) groups excluding carboxylic acids is 1. The maximum Gasteiger partial charge on any atom is 0.157 e. The molecule has 136 valence electrons. The maximum absolute atomic E-state index is 11.2. The molecule has 6 nitrogen and oxygen atoms in total. The highest BCUT2D eigenvalue weighted by Crippen LogP contribution is 2.36. The number of carbonyl (C=O) groups is 1. The SMILES string of the molecule is CC(C)N1CN=CC1C1CCCCC1COc1cncc(O)c1C=O. The van der Waals surface area contributed by atoms with Crippen molar-refractivity contribution in [3.05, 3.63) is 18.0 Å². The molecule has 6 heteroatoms. The minimum atomic E-state index is -0.137. The lowest BCUT2D eigenvalue weighted by Gasteiger charge is -2.39. The van der Waals surface area contributed by atoms with E-state index in [0.29, 0.717) is 42.6 Å². The van der Waals surface area contributed by atoms with Crippen LogP contribution < -0.4 is 4.74 Å². The molecule has 1 N–H and O–H groups in total. The molecular weight excluding hydrogens is 318 g/mol. The molecule has 1 aliphatic carbocycles. The highest BCUT2D eigenvalue weighted by atomic mass is 16.5. The summed E-state index contributed by atoms with van der Waals surface area (Å²) in [5.41, 5.74) is 0.175. The Kier molecular flexibility index (Phi) is 5.68. The lowest BCUT2D eigenvalue weighted by atomic mass is 9.75. The fourth-order valence-electron chi connectivity index (χ4n) is 4.06. The fourth-order valence-corrected chi connectivity index (χ4v) is 4.06. The third-order valence-electron chi connectivity index (χ3n) is 5.46. The third kappa shape index (κ3) is 3.84. The fraction of sp³-hybridized carbons (Fsp3) is 0.632. The lowest BCUT2D eigenvalue weighted by Crippen LogP contribution is -2.46. The Morgan fingerprint density at radius 3 is 2.92 bits per heavy atom. The highest BCUT2D eigenvalue weighted by molar-refractivity contribution is 5.82. The summed E-state index contributed by atoms with van der Waals surface area (Å²) in [6.45, 7) is 5.74. The van der Waals surface area contributed by atoms with Crippen LogP contribution in [0.1, 0.15) is 49.9 Å². The van der Waals surface area contributed by atoms with Gasteiger partial charge in [-0.25, -0.2) is 0 Å². The van der Waals surface area contributed by atoms with Gasteiger partial charge >= 0.3 is 0 Å². The summed E-state index contributed by atoms with van der Waals surface area (Å²) in [6.07, 6.45) is 10.2. The Bertz CT molecular complexity index is 632. The monoisotopic (exact) mass is 345 g/mol. The summed E-state index contributed by atoms with van der Waals surface area (Å²) in [6, 6.07) is 0.828. The predicted molar refractivity (Wildman–Crippen MR) is 96.4 cm³/mol. The Balaban J connectivity index is 1.71. The van der Waals surface area contributed by atoms with Crippen molar-refractivity contribution in [1.82, 2.24) is 9.88 Å². The van der Waals surface area contributed by atoms with Crippen molar-refractivity contribution < 1.29 is 14.6 Å². The number of hydrogen-bond donors (Lipinski definition) is 1. The average Bonchev–Trinajstić information content (AvgIpc) is 3.10. The van der Waals surface area contributed by atoms with Crippen LogP contribution in [0, 0.1) is 11.8 Å². The Morgan fingerprint density at radius 2 is 2.16 bits per heavy atom. The molecule has 1 saturated carbocycles. The maximum atomic E-state index is 11.2. The molecule has 0 spiro atoms. The third-order valence-corrected chi connectivity index (χ3v) is 5.46. The first-order valence-electron chi connectivity index (χ1n) is 9.12. The van der Waals surface area contributed by atoms with Gasteiger partial charge in [0.2, 0.25) is 0 Å². The van der Waals surface area contributed by atoms with E-state index in [2.05, 4.69) is 34.9 Å². The van der Waals surface area contributed by atoms with E-state index in [1.54, 1.807) is 0 Å². The van der Waals surface area contributed by atoms with Crippen LogP contribution in [-0.4, -0.2) is 52.9 Å². The van der Waals surface area contributed by atoms with Crippen LogP contribution >= 0.6 is 0 Å². The van der Waals surface area contributed by atoms with Crippen LogP contribution in [0.2, 0.25) is 0 Å². The Morgan fingerprint density at radius 1 is 1.36 bits per heavy atom. The second-order valence-electron chi connectivity index (χ2n) is 7.28. The molecule has 1 aromatic rings. The van der Waals surface area contributed by atoms with Gasteiger partial charge in [-0.3, -0.25) is 19.7 Å². The molecule has 2 aliphatic rings. The van der Waals surface area contributed by atoms with E-state index >= 15 is 0 Å². The summed E-state index contributed by atoms with van der Waals surface area (Å²) in [7, 11) is 0. The first-order chi connectivity index (χ1) is 12.1. The number of aliphatic imine (C=N–C) groups is 1.